The standard InChI is InChI=1S/C14H11Cl2N3O2/c15-9-3-6-12(11(16)7-9)19-13(20)8-1-4-10(5-2-8)18-14(17)21/h1-7H,(H,19,20)(H3,17,18,21). The molecule has 0 aliphatic rings. The van der Waals surface area contributed by atoms with Crippen molar-refractivity contribution in [1.82, 2.24) is 0 Å². The Morgan fingerprint density at radius 3 is 2.19 bits per heavy atom. The number of nitrogens with one attached hydrogen (secondary N) is 2. The first-order chi connectivity index (χ1) is 9.95. The van der Waals surface area contributed by atoms with E-state index in [0.717, 1.165) is 0 Å². The highest BCUT2D eigenvalue weighted by molar-refractivity contribution is 6.36. The van der Waals surface area contributed by atoms with Crippen molar-refractivity contribution in [3.05, 3.63) is 58.1 Å². The third kappa shape index (κ3) is 4.11. The molecule has 0 aromatic heterocycles. The maximum atomic E-state index is 12.1. The minimum absolute atomic E-state index is 0.329. The van der Waals surface area contributed by atoms with E-state index < -0.39 is 6.03 Å². The molecule has 0 atom stereocenters. The fourth-order valence-electron chi connectivity index (χ4n) is 1.63. The molecular weight excluding hydrogens is 313 g/mol. The number of rotatable bonds is 3. The zero-order chi connectivity index (χ0) is 15.4. The van der Waals surface area contributed by atoms with Gasteiger partial charge in [0.05, 0.1) is 10.7 Å². The molecule has 0 radical (unpaired) electrons. The van der Waals surface area contributed by atoms with Crippen molar-refractivity contribution >= 4 is 46.5 Å². The number of hydrogen-bond acceptors (Lipinski definition) is 2. The number of anilines is 2. The van der Waals surface area contributed by atoms with Gasteiger partial charge in [-0.05, 0) is 42.5 Å². The van der Waals surface area contributed by atoms with Crippen molar-refractivity contribution in [3.63, 3.8) is 0 Å². The van der Waals surface area contributed by atoms with Gasteiger partial charge in [-0.1, -0.05) is 23.2 Å². The van der Waals surface area contributed by atoms with Crippen LogP contribution in [0.3, 0.4) is 0 Å². The van der Waals surface area contributed by atoms with Crippen LogP contribution in [-0.2, 0) is 0 Å². The van der Waals surface area contributed by atoms with Gasteiger partial charge in [0.2, 0.25) is 0 Å². The summed E-state index contributed by atoms with van der Waals surface area (Å²) < 4.78 is 0. The van der Waals surface area contributed by atoms with Crippen LogP contribution in [-0.4, -0.2) is 11.9 Å². The number of carbonyl (C=O) groups excluding carboxylic acids is 2. The largest absolute Gasteiger partial charge is 0.351 e. The summed E-state index contributed by atoms with van der Waals surface area (Å²) in [5.74, 6) is -0.329. The van der Waals surface area contributed by atoms with E-state index in [4.69, 9.17) is 28.9 Å². The molecule has 2 rings (SSSR count). The van der Waals surface area contributed by atoms with Crippen molar-refractivity contribution < 1.29 is 9.59 Å². The summed E-state index contributed by atoms with van der Waals surface area (Å²) in [4.78, 5) is 22.8. The molecule has 0 spiro atoms. The van der Waals surface area contributed by atoms with E-state index in [0.29, 0.717) is 27.0 Å². The van der Waals surface area contributed by atoms with Gasteiger partial charge in [0.1, 0.15) is 0 Å². The van der Waals surface area contributed by atoms with Crippen molar-refractivity contribution in [2.75, 3.05) is 10.6 Å². The highest BCUT2D eigenvalue weighted by Gasteiger charge is 2.09. The highest BCUT2D eigenvalue weighted by atomic mass is 35.5. The van der Waals surface area contributed by atoms with Gasteiger partial charge in [0, 0.05) is 16.3 Å². The van der Waals surface area contributed by atoms with Gasteiger partial charge in [-0.3, -0.25) is 4.79 Å². The van der Waals surface area contributed by atoms with Gasteiger partial charge in [-0.2, -0.15) is 0 Å². The van der Waals surface area contributed by atoms with Gasteiger partial charge in [-0.25, -0.2) is 4.79 Å². The topological polar surface area (TPSA) is 84.2 Å². The molecule has 0 aliphatic carbocycles. The van der Waals surface area contributed by atoms with E-state index in [-0.39, 0.29) is 5.91 Å². The first-order valence-corrected chi connectivity index (χ1v) is 6.64. The Labute approximate surface area is 131 Å². The normalized spacial score (nSPS) is 10.0. The number of nitrogens with two attached hydrogens (primary N) is 1. The Bertz CT molecular complexity index is 687. The lowest BCUT2D eigenvalue weighted by atomic mass is 10.2. The summed E-state index contributed by atoms with van der Waals surface area (Å²) in [6.07, 6.45) is 0. The Kier molecular flexibility index (Phi) is 4.67. The van der Waals surface area contributed by atoms with E-state index in [9.17, 15) is 9.59 Å². The Hall–Kier alpha value is -2.24. The molecule has 0 heterocycles. The molecule has 0 saturated carbocycles. The average molecular weight is 324 g/mol. The molecule has 7 heteroatoms. The number of urea groups is 1. The number of primary amides is 1. The quantitative estimate of drug-likeness (QED) is 0.803. The minimum Gasteiger partial charge on any atom is -0.351 e. The van der Waals surface area contributed by atoms with Crippen LogP contribution in [0.15, 0.2) is 42.5 Å². The molecular formula is C14H11Cl2N3O2. The van der Waals surface area contributed by atoms with Gasteiger partial charge in [0.15, 0.2) is 0 Å². The monoisotopic (exact) mass is 323 g/mol. The number of amides is 3. The van der Waals surface area contributed by atoms with Crippen molar-refractivity contribution in [3.8, 4) is 0 Å². The van der Waals surface area contributed by atoms with Gasteiger partial charge < -0.3 is 16.4 Å². The van der Waals surface area contributed by atoms with Gasteiger partial charge in [-0.15, -0.1) is 0 Å². The van der Waals surface area contributed by atoms with Gasteiger partial charge >= 0.3 is 6.03 Å². The second kappa shape index (κ2) is 6.47. The Morgan fingerprint density at radius 2 is 1.62 bits per heavy atom. The second-order valence-corrected chi connectivity index (χ2v) is 4.99. The number of carbonyl (C=O) groups is 2. The number of hydrogen-bond donors (Lipinski definition) is 3. The van der Waals surface area contributed by atoms with Crippen LogP contribution < -0.4 is 16.4 Å². The van der Waals surface area contributed by atoms with E-state index in [2.05, 4.69) is 10.6 Å². The summed E-state index contributed by atoms with van der Waals surface area (Å²) >= 11 is 11.8. The highest BCUT2D eigenvalue weighted by Crippen LogP contribution is 2.25. The van der Waals surface area contributed by atoms with Crippen LogP contribution in [0.1, 0.15) is 10.4 Å². The molecule has 108 valence electrons. The summed E-state index contributed by atoms with van der Waals surface area (Å²) in [7, 11) is 0. The third-order valence-electron chi connectivity index (χ3n) is 2.59. The smallest absolute Gasteiger partial charge is 0.316 e. The molecule has 0 unspecified atom stereocenters. The lowest BCUT2D eigenvalue weighted by Crippen LogP contribution is -2.19. The van der Waals surface area contributed by atoms with Crippen LogP contribution in [0.5, 0.6) is 0 Å². The fraction of sp³-hybridized carbons (Fsp3) is 0. The zero-order valence-corrected chi connectivity index (χ0v) is 12.2. The average Bonchev–Trinajstić information content (AvgIpc) is 2.42. The maximum absolute atomic E-state index is 12.1. The predicted molar refractivity (Wildman–Crippen MR) is 84.1 cm³/mol. The Balaban J connectivity index is 2.11. The minimum atomic E-state index is -0.667. The van der Waals surface area contributed by atoms with Crippen molar-refractivity contribution in [2.24, 2.45) is 5.73 Å². The van der Waals surface area contributed by atoms with E-state index in [1.54, 1.807) is 42.5 Å². The van der Waals surface area contributed by atoms with Crippen LogP contribution in [0.25, 0.3) is 0 Å². The third-order valence-corrected chi connectivity index (χ3v) is 3.14. The maximum Gasteiger partial charge on any atom is 0.316 e. The summed E-state index contributed by atoms with van der Waals surface area (Å²) in [6, 6.07) is 10.4. The molecule has 4 N–H and O–H groups in total. The molecule has 0 saturated heterocycles. The van der Waals surface area contributed by atoms with Crippen molar-refractivity contribution in [2.45, 2.75) is 0 Å². The molecule has 3 amide bonds. The summed E-state index contributed by atoms with van der Waals surface area (Å²) in [5, 5.41) is 5.92. The first kappa shape index (κ1) is 15.2. The van der Waals surface area contributed by atoms with Crippen LogP contribution in [0, 0.1) is 0 Å². The SMILES string of the molecule is NC(=O)Nc1ccc(C(=O)Nc2ccc(Cl)cc2Cl)cc1. The molecule has 21 heavy (non-hydrogen) atoms. The first-order valence-electron chi connectivity index (χ1n) is 5.88. The van der Waals surface area contributed by atoms with Crippen molar-refractivity contribution in [1.29, 1.82) is 0 Å². The Morgan fingerprint density at radius 1 is 0.952 bits per heavy atom. The van der Waals surface area contributed by atoms with Gasteiger partial charge in [0.25, 0.3) is 5.91 Å². The molecule has 0 bridgehead atoms. The van der Waals surface area contributed by atoms with E-state index >= 15 is 0 Å². The molecule has 0 fully saturated rings. The van der Waals surface area contributed by atoms with E-state index in [1.165, 1.54) is 0 Å². The molecule has 5 nitrogen and oxygen atoms in total. The number of benzene rings is 2. The zero-order valence-electron chi connectivity index (χ0n) is 10.7. The van der Waals surface area contributed by atoms with Crippen LogP contribution >= 0.6 is 23.2 Å². The lowest BCUT2D eigenvalue weighted by Gasteiger charge is -2.08. The molecule has 2 aromatic carbocycles. The fourth-order valence-corrected chi connectivity index (χ4v) is 2.09. The summed E-state index contributed by atoms with van der Waals surface area (Å²) in [6.45, 7) is 0. The lowest BCUT2D eigenvalue weighted by molar-refractivity contribution is 0.102. The van der Waals surface area contributed by atoms with Crippen LogP contribution in [0.4, 0.5) is 16.2 Å². The summed E-state index contributed by atoms with van der Waals surface area (Å²) in [5.41, 5.74) is 6.38. The predicted octanol–water partition coefficient (Wildman–Crippen LogP) is 3.74. The molecule has 0 aliphatic heterocycles. The van der Waals surface area contributed by atoms with E-state index in [1.807, 2.05) is 0 Å². The second-order valence-electron chi connectivity index (χ2n) is 4.14. The number of halogens is 2. The molecule has 2 aromatic rings. The van der Waals surface area contributed by atoms with Crippen LogP contribution in [0.2, 0.25) is 10.0 Å².